The molecule has 0 aromatic heterocycles. The van der Waals surface area contributed by atoms with Crippen LogP contribution in [0, 0.1) is 6.92 Å². The molecule has 1 aliphatic heterocycles. The van der Waals surface area contributed by atoms with E-state index in [1.165, 1.54) is 11.1 Å². The van der Waals surface area contributed by atoms with Crippen LogP contribution in [0.1, 0.15) is 34.6 Å². The molecule has 0 saturated heterocycles. The van der Waals surface area contributed by atoms with E-state index in [1.807, 2.05) is 30.3 Å². The van der Waals surface area contributed by atoms with Gasteiger partial charge in [0.25, 0.3) is 0 Å². The van der Waals surface area contributed by atoms with Gasteiger partial charge in [0, 0.05) is 16.8 Å². The summed E-state index contributed by atoms with van der Waals surface area (Å²) in [6, 6.07) is 24.8. The second-order valence-electron chi connectivity index (χ2n) is 6.32. The molecule has 2 unspecified atom stereocenters. The molecule has 25 heavy (non-hydrogen) atoms. The first-order valence-electron chi connectivity index (χ1n) is 8.46. The van der Waals surface area contributed by atoms with Gasteiger partial charge < -0.3 is 14.8 Å². The molecule has 1 heterocycles. The summed E-state index contributed by atoms with van der Waals surface area (Å²) in [7, 11) is 1.67. The number of anilines is 1. The Bertz CT molecular complexity index is 859. The molecule has 1 aliphatic rings. The Morgan fingerprint density at radius 1 is 0.880 bits per heavy atom. The van der Waals surface area contributed by atoms with Crippen molar-refractivity contribution in [3.63, 3.8) is 0 Å². The van der Waals surface area contributed by atoms with Crippen molar-refractivity contribution in [2.45, 2.75) is 19.3 Å². The molecule has 126 valence electrons. The summed E-state index contributed by atoms with van der Waals surface area (Å²) in [5.41, 5.74) is 5.76. The first-order chi connectivity index (χ1) is 12.2. The van der Waals surface area contributed by atoms with Crippen molar-refractivity contribution in [2.75, 3.05) is 12.4 Å². The maximum atomic E-state index is 6.46. The van der Waals surface area contributed by atoms with Crippen LogP contribution in [0.2, 0.25) is 0 Å². The first kappa shape index (κ1) is 15.7. The van der Waals surface area contributed by atoms with Crippen LogP contribution in [0.3, 0.4) is 0 Å². The molecule has 0 saturated carbocycles. The molecule has 0 fully saturated rings. The van der Waals surface area contributed by atoms with E-state index in [2.05, 4.69) is 54.7 Å². The molecule has 2 atom stereocenters. The fourth-order valence-corrected chi connectivity index (χ4v) is 3.24. The molecule has 0 spiro atoms. The van der Waals surface area contributed by atoms with Gasteiger partial charge in [-0.1, -0.05) is 60.2 Å². The molecule has 0 radical (unpaired) electrons. The Morgan fingerprint density at radius 2 is 1.64 bits per heavy atom. The summed E-state index contributed by atoms with van der Waals surface area (Å²) in [5, 5.41) is 3.51. The molecule has 3 aromatic rings. The number of ether oxygens (including phenoxy) is 2. The van der Waals surface area contributed by atoms with Gasteiger partial charge in [0.2, 0.25) is 0 Å². The smallest absolute Gasteiger partial charge is 0.155 e. The second-order valence-corrected chi connectivity index (χ2v) is 6.32. The highest BCUT2D eigenvalue weighted by atomic mass is 16.5. The highest BCUT2D eigenvalue weighted by Crippen LogP contribution is 2.41. The van der Waals surface area contributed by atoms with Crippen LogP contribution in [-0.2, 0) is 4.74 Å². The fraction of sp³-hybridized carbons (Fsp3) is 0.182. The Hall–Kier alpha value is -2.78. The van der Waals surface area contributed by atoms with Crippen LogP contribution in [0.4, 0.5) is 5.69 Å². The SMILES string of the molecule is COc1ccc(C2Nc3ccc(C)cc3C(c3ccccc3)O2)cc1. The number of nitrogens with one attached hydrogen (secondary N) is 1. The lowest BCUT2D eigenvalue weighted by atomic mass is 9.96. The molecule has 1 N–H and O–H groups in total. The average Bonchev–Trinajstić information content (AvgIpc) is 2.68. The van der Waals surface area contributed by atoms with Crippen LogP contribution in [0.5, 0.6) is 5.75 Å². The van der Waals surface area contributed by atoms with Crippen LogP contribution in [0.15, 0.2) is 72.8 Å². The molecule has 3 nitrogen and oxygen atoms in total. The Labute approximate surface area is 148 Å². The third-order valence-corrected chi connectivity index (χ3v) is 4.57. The minimum atomic E-state index is -0.202. The monoisotopic (exact) mass is 331 g/mol. The number of aryl methyl sites for hydroxylation is 1. The zero-order valence-corrected chi connectivity index (χ0v) is 14.4. The van der Waals surface area contributed by atoms with Crippen molar-refractivity contribution in [3.05, 3.63) is 95.1 Å². The van der Waals surface area contributed by atoms with E-state index in [0.717, 1.165) is 22.6 Å². The number of methoxy groups -OCH3 is 1. The van der Waals surface area contributed by atoms with Gasteiger partial charge in [-0.05, 0) is 30.7 Å². The predicted octanol–water partition coefficient (Wildman–Crippen LogP) is 5.23. The first-order valence-corrected chi connectivity index (χ1v) is 8.46. The molecule has 4 rings (SSSR count). The lowest BCUT2D eigenvalue weighted by molar-refractivity contribution is 0.0157. The summed E-state index contributed by atoms with van der Waals surface area (Å²) in [5.74, 6) is 0.843. The summed E-state index contributed by atoms with van der Waals surface area (Å²) >= 11 is 0. The van der Waals surface area contributed by atoms with Crippen molar-refractivity contribution < 1.29 is 9.47 Å². The van der Waals surface area contributed by atoms with Crippen molar-refractivity contribution in [2.24, 2.45) is 0 Å². The maximum Gasteiger partial charge on any atom is 0.155 e. The second kappa shape index (κ2) is 6.61. The standard InChI is InChI=1S/C22H21NO2/c1-15-8-13-20-19(14-15)21(16-6-4-3-5-7-16)25-22(23-20)17-9-11-18(24-2)12-10-17/h3-14,21-23H,1-2H3. The molecular weight excluding hydrogens is 310 g/mol. The van der Waals surface area contributed by atoms with E-state index < -0.39 is 0 Å². The minimum absolute atomic E-state index is 0.0931. The molecule has 0 aliphatic carbocycles. The third kappa shape index (κ3) is 3.11. The third-order valence-electron chi connectivity index (χ3n) is 4.57. The van der Waals surface area contributed by atoms with Crippen LogP contribution >= 0.6 is 0 Å². The zero-order chi connectivity index (χ0) is 17.2. The van der Waals surface area contributed by atoms with E-state index in [4.69, 9.17) is 9.47 Å². The van der Waals surface area contributed by atoms with Crippen molar-refractivity contribution in [1.29, 1.82) is 0 Å². The Balaban J connectivity index is 1.74. The van der Waals surface area contributed by atoms with Gasteiger partial charge in [0.05, 0.1) is 7.11 Å². The van der Waals surface area contributed by atoms with E-state index >= 15 is 0 Å². The van der Waals surface area contributed by atoms with E-state index in [9.17, 15) is 0 Å². The highest BCUT2D eigenvalue weighted by Gasteiger charge is 2.29. The van der Waals surface area contributed by atoms with Crippen LogP contribution in [-0.4, -0.2) is 7.11 Å². The van der Waals surface area contributed by atoms with Crippen molar-refractivity contribution in [1.82, 2.24) is 0 Å². The van der Waals surface area contributed by atoms with Gasteiger partial charge in [-0.2, -0.15) is 0 Å². The van der Waals surface area contributed by atoms with Crippen LogP contribution < -0.4 is 10.1 Å². The predicted molar refractivity (Wildman–Crippen MR) is 99.9 cm³/mol. The van der Waals surface area contributed by atoms with Gasteiger partial charge in [-0.15, -0.1) is 0 Å². The number of fused-ring (bicyclic) bond motifs is 1. The minimum Gasteiger partial charge on any atom is -0.497 e. The Kier molecular flexibility index (Phi) is 4.16. The van der Waals surface area contributed by atoms with E-state index in [-0.39, 0.29) is 12.3 Å². The summed E-state index contributed by atoms with van der Waals surface area (Å²) in [6.07, 6.45) is -0.296. The van der Waals surface area contributed by atoms with Gasteiger partial charge in [0.1, 0.15) is 11.9 Å². The molecule has 3 aromatic carbocycles. The van der Waals surface area contributed by atoms with E-state index in [1.54, 1.807) is 7.11 Å². The largest absolute Gasteiger partial charge is 0.497 e. The number of hydrogen-bond acceptors (Lipinski definition) is 3. The fourth-order valence-electron chi connectivity index (χ4n) is 3.24. The normalized spacial score (nSPS) is 19.0. The quantitative estimate of drug-likeness (QED) is 0.712. The van der Waals surface area contributed by atoms with E-state index in [0.29, 0.717) is 0 Å². The molecule has 3 heteroatoms. The Morgan fingerprint density at radius 3 is 2.36 bits per heavy atom. The average molecular weight is 331 g/mol. The highest BCUT2D eigenvalue weighted by molar-refractivity contribution is 5.58. The topological polar surface area (TPSA) is 30.5 Å². The molecule has 0 bridgehead atoms. The van der Waals surface area contributed by atoms with Crippen molar-refractivity contribution in [3.8, 4) is 5.75 Å². The zero-order valence-electron chi connectivity index (χ0n) is 14.4. The van der Waals surface area contributed by atoms with Gasteiger partial charge >= 0.3 is 0 Å². The summed E-state index contributed by atoms with van der Waals surface area (Å²) < 4.78 is 11.7. The maximum absolute atomic E-state index is 6.46. The van der Waals surface area contributed by atoms with Gasteiger partial charge in [-0.25, -0.2) is 0 Å². The van der Waals surface area contributed by atoms with Crippen molar-refractivity contribution >= 4 is 5.69 Å². The lowest BCUT2D eigenvalue weighted by Crippen LogP contribution is -2.25. The summed E-state index contributed by atoms with van der Waals surface area (Å²) in [4.78, 5) is 0. The molecular formula is C22H21NO2. The number of hydrogen-bond donors (Lipinski definition) is 1. The summed E-state index contributed by atoms with van der Waals surface area (Å²) in [6.45, 7) is 2.11. The van der Waals surface area contributed by atoms with Crippen LogP contribution in [0.25, 0.3) is 0 Å². The number of benzene rings is 3. The lowest BCUT2D eigenvalue weighted by Gasteiger charge is -2.34. The molecule has 0 amide bonds. The van der Waals surface area contributed by atoms with Gasteiger partial charge in [0.15, 0.2) is 6.23 Å². The van der Waals surface area contributed by atoms with Gasteiger partial charge in [-0.3, -0.25) is 0 Å². The number of rotatable bonds is 3.